The number of hydrogen-bond acceptors (Lipinski definition) is 4. The molecular weight excluding hydrogens is 350 g/mol. The minimum absolute atomic E-state index is 0.136. The molecule has 0 unspecified atom stereocenters. The van der Waals surface area contributed by atoms with E-state index in [1.54, 1.807) is 17.0 Å². The van der Waals surface area contributed by atoms with Gasteiger partial charge in [-0.1, -0.05) is 35.9 Å². The van der Waals surface area contributed by atoms with Crippen LogP contribution in [-0.2, 0) is 19.3 Å². The summed E-state index contributed by atoms with van der Waals surface area (Å²) in [6.07, 6.45) is 0. The van der Waals surface area contributed by atoms with Crippen molar-refractivity contribution in [1.29, 1.82) is 0 Å². The summed E-state index contributed by atoms with van der Waals surface area (Å²) in [6, 6.07) is 14.7. The number of carbonyl (C=O) groups excluding carboxylic acids is 3. The van der Waals surface area contributed by atoms with Crippen LogP contribution in [0.5, 0.6) is 0 Å². The second kappa shape index (κ2) is 5.88. The molecular formula is C19H17N3O3S. The fourth-order valence-electron chi connectivity index (χ4n) is 3.56. The zero-order valence-electron chi connectivity index (χ0n) is 14.1. The fraction of sp³-hybridized carbons (Fsp3) is 0.211. The summed E-state index contributed by atoms with van der Waals surface area (Å²) >= 11 is 1.28. The molecule has 4 rings (SSSR count). The van der Waals surface area contributed by atoms with Gasteiger partial charge in [0, 0.05) is 11.3 Å². The second-order valence-electron chi connectivity index (χ2n) is 6.37. The van der Waals surface area contributed by atoms with Crippen LogP contribution in [0, 0.1) is 6.92 Å². The number of nitrogens with two attached hydrogens (primary N) is 1. The Labute approximate surface area is 154 Å². The van der Waals surface area contributed by atoms with E-state index in [9.17, 15) is 14.4 Å². The number of primary amides is 1. The van der Waals surface area contributed by atoms with E-state index in [0.29, 0.717) is 16.9 Å². The molecule has 0 radical (unpaired) electrons. The third-order valence-corrected chi connectivity index (χ3v) is 6.06. The molecule has 1 spiro atoms. The van der Waals surface area contributed by atoms with Gasteiger partial charge < -0.3 is 5.73 Å². The SMILES string of the molecule is Cc1ccc(N2C(=O)CS[C@@]23C(=O)N(CC(N)=O)c2ccccc23)cc1. The van der Waals surface area contributed by atoms with Crippen LogP contribution in [0.2, 0.25) is 0 Å². The van der Waals surface area contributed by atoms with E-state index in [0.717, 1.165) is 5.56 Å². The maximum Gasteiger partial charge on any atom is 0.269 e. The highest BCUT2D eigenvalue weighted by atomic mass is 32.2. The van der Waals surface area contributed by atoms with Crippen molar-refractivity contribution < 1.29 is 14.4 Å². The van der Waals surface area contributed by atoms with Crippen LogP contribution in [-0.4, -0.2) is 30.0 Å². The number of amides is 3. The monoisotopic (exact) mass is 367 g/mol. The minimum Gasteiger partial charge on any atom is -0.368 e. The lowest BCUT2D eigenvalue weighted by molar-refractivity contribution is -0.125. The summed E-state index contributed by atoms with van der Waals surface area (Å²) < 4.78 is 0. The van der Waals surface area contributed by atoms with E-state index >= 15 is 0 Å². The van der Waals surface area contributed by atoms with E-state index in [1.807, 2.05) is 43.3 Å². The summed E-state index contributed by atoms with van der Waals surface area (Å²) in [7, 11) is 0. The van der Waals surface area contributed by atoms with E-state index in [-0.39, 0.29) is 24.1 Å². The highest BCUT2D eigenvalue weighted by Crippen LogP contribution is 2.55. The molecule has 1 saturated heterocycles. The van der Waals surface area contributed by atoms with Gasteiger partial charge >= 0.3 is 0 Å². The average molecular weight is 367 g/mol. The molecule has 7 heteroatoms. The zero-order chi connectivity index (χ0) is 18.5. The van der Waals surface area contributed by atoms with Gasteiger partial charge in [0.1, 0.15) is 6.54 Å². The van der Waals surface area contributed by atoms with E-state index in [2.05, 4.69) is 0 Å². The number of hydrogen-bond donors (Lipinski definition) is 1. The Morgan fingerprint density at radius 3 is 2.54 bits per heavy atom. The maximum atomic E-state index is 13.4. The summed E-state index contributed by atoms with van der Waals surface area (Å²) in [6.45, 7) is 1.75. The summed E-state index contributed by atoms with van der Waals surface area (Å²) in [5.41, 5.74) is 8.41. The van der Waals surface area contributed by atoms with Crippen LogP contribution in [0.4, 0.5) is 11.4 Å². The predicted octanol–water partition coefficient (Wildman–Crippen LogP) is 1.76. The molecule has 26 heavy (non-hydrogen) atoms. The Bertz CT molecular complexity index is 928. The lowest BCUT2D eigenvalue weighted by Crippen LogP contribution is -2.51. The molecule has 132 valence electrons. The van der Waals surface area contributed by atoms with Crippen LogP contribution in [0.25, 0.3) is 0 Å². The molecule has 2 heterocycles. The Balaban J connectivity index is 1.91. The Morgan fingerprint density at radius 2 is 1.85 bits per heavy atom. The number of fused-ring (bicyclic) bond motifs is 2. The van der Waals surface area contributed by atoms with Crippen LogP contribution >= 0.6 is 11.8 Å². The fourth-order valence-corrected chi connectivity index (χ4v) is 4.92. The molecule has 6 nitrogen and oxygen atoms in total. The van der Waals surface area contributed by atoms with E-state index < -0.39 is 10.8 Å². The Kier molecular flexibility index (Phi) is 3.77. The Hall–Kier alpha value is -2.80. The van der Waals surface area contributed by atoms with Crippen LogP contribution in [0.15, 0.2) is 48.5 Å². The topological polar surface area (TPSA) is 83.7 Å². The van der Waals surface area contributed by atoms with E-state index in [4.69, 9.17) is 5.73 Å². The highest BCUT2D eigenvalue weighted by Gasteiger charge is 2.61. The zero-order valence-corrected chi connectivity index (χ0v) is 15.0. The third kappa shape index (κ3) is 2.24. The molecule has 2 aromatic rings. The summed E-state index contributed by atoms with van der Waals surface area (Å²) in [5, 5.41) is 0. The molecule has 1 fully saturated rings. The van der Waals surface area contributed by atoms with Gasteiger partial charge in [0.2, 0.25) is 16.7 Å². The lowest BCUT2D eigenvalue weighted by Gasteiger charge is -2.33. The number of thioether (sulfide) groups is 1. The Morgan fingerprint density at radius 1 is 1.15 bits per heavy atom. The van der Waals surface area contributed by atoms with Gasteiger partial charge in [0.15, 0.2) is 0 Å². The molecule has 2 N–H and O–H groups in total. The van der Waals surface area contributed by atoms with Gasteiger partial charge in [-0.25, -0.2) is 0 Å². The molecule has 0 aromatic heterocycles. The van der Waals surface area contributed by atoms with Gasteiger partial charge in [-0.05, 0) is 25.1 Å². The molecule has 0 aliphatic carbocycles. The molecule has 2 aliphatic rings. The van der Waals surface area contributed by atoms with Crippen LogP contribution in [0.1, 0.15) is 11.1 Å². The number of para-hydroxylation sites is 1. The molecule has 3 amide bonds. The van der Waals surface area contributed by atoms with Crippen LogP contribution in [0.3, 0.4) is 0 Å². The van der Waals surface area contributed by atoms with Crippen molar-refractivity contribution in [3.63, 3.8) is 0 Å². The van der Waals surface area contributed by atoms with Crippen LogP contribution < -0.4 is 15.5 Å². The normalized spacial score (nSPS) is 21.6. The molecule has 0 bridgehead atoms. The number of carbonyl (C=O) groups is 3. The van der Waals surface area contributed by atoms with Crippen molar-refractivity contribution in [3.8, 4) is 0 Å². The number of rotatable bonds is 3. The molecule has 2 aliphatic heterocycles. The third-order valence-electron chi connectivity index (χ3n) is 4.67. The van der Waals surface area contributed by atoms with Crippen molar-refractivity contribution in [2.45, 2.75) is 11.8 Å². The number of nitrogens with zero attached hydrogens (tertiary/aromatic N) is 2. The van der Waals surface area contributed by atoms with Crippen molar-refractivity contribution in [2.24, 2.45) is 5.73 Å². The predicted molar refractivity (Wildman–Crippen MR) is 101 cm³/mol. The van der Waals surface area contributed by atoms with Crippen molar-refractivity contribution in [1.82, 2.24) is 0 Å². The first-order valence-electron chi connectivity index (χ1n) is 8.18. The van der Waals surface area contributed by atoms with Gasteiger partial charge in [-0.3, -0.25) is 24.2 Å². The first-order chi connectivity index (χ1) is 12.4. The molecule has 1 atom stereocenters. The second-order valence-corrected chi connectivity index (χ2v) is 7.54. The highest BCUT2D eigenvalue weighted by molar-refractivity contribution is 8.02. The summed E-state index contributed by atoms with van der Waals surface area (Å²) in [5.74, 6) is -0.850. The van der Waals surface area contributed by atoms with E-state index in [1.165, 1.54) is 16.7 Å². The first-order valence-corrected chi connectivity index (χ1v) is 9.17. The minimum atomic E-state index is -1.20. The molecule has 0 saturated carbocycles. The average Bonchev–Trinajstić information content (AvgIpc) is 3.08. The standard InChI is InChI=1S/C19H17N3O3S/c1-12-6-8-13(9-7-12)22-17(24)11-26-19(22)14-4-2-3-5-15(14)21(18(19)25)10-16(20)23/h2-9H,10-11H2,1H3,(H2,20,23)/t19-/m0/s1. The number of benzene rings is 2. The quantitative estimate of drug-likeness (QED) is 0.896. The van der Waals surface area contributed by atoms with Crippen molar-refractivity contribution in [3.05, 3.63) is 59.7 Å². The maximum absolute atomic E-state index is 13.4. The number of aryl methyl sites for hydroxylation is 1. The molecule has 2 aromatic carbocycles. The lowest BCUT2D eigenvalue weighted by atomic mass is 10.0. The number of anilines is 2. The van der Waals surface area contributed by atoms with Gasteiger partial charge in [-0.2, -0.15) is 0 Å². The summed E-state index contributed by atoms with van der Waals surface area (Å²) in [4.78, 5) is 39.4. The first kappa shape index (κ1) is 16.7. The van der Waals surface area contributed by atoms with Gasteiger partial charge in [0.25, 0.3) is 5.91 Å². The smallest absolute Gasteiger partial charge is 0.269 e. The van der Waals surface area contributed by atoms with Crippen molar-refractivity contribution in [2.75, 3.05) is 22.1 Å². The van der Waals surface area contributed by atoms with Gasteiger partial charge in [0.05, 0.1) is 11.4 Å². The van der Waals surface area contributed by atoms with Crippen molar-refractivity contribution >= 4 is 40.9 Å². The largest absolute Gasteiger partial charge is 0.368 e. The van der Waals surface area contributed by atoms with Gasteiger partial charge in [-0.15, -0.1) is 11.8 Å².